The van der Waals surface area contributed by atoms with E-state index in [2.05, 4.69) is 44.5 Å². The monoisotopic (exact) mass is 835 g/mol. The van der Waals surface area contributed by atoms with Crippen LogP contribution >= 0.6 is 23.4 Å². The molecule has 5 N–H and O–H groups in total. The van der Waals surface area contributed by atoms with Crippen LogP contribution in [-0.2, 0) is 4.79 Å². The summed E-state index contributed by atoms with van der Waals surface area (Å²) in [5.41, 5.74) is 8.27. The molecule has 0 aliphatic carbocycles. The first-order chi connectivity index (χ1) is 28.1. The van der Waals surface area contributed by atoms with E-state index >= 15 is 0 Å². The van der Waals surface area contributed by atoms with Gasteiger partial charge in [-0.25, -0.2) is 18.2 Å². The first-order valence-corrected chi connectivity index (χ1v) is 21.7. The maximum absolute atomic E-state index is 14.3. The zero-order valence-electron chi connectivity index (χ0n) is 34.0. The minimum absolute atomic E-state index is 0.0236. The van der Waals surface area contributed by atoms with Crippen LogP contribution in [0.3, 0.4) is 0 Å². The Morgan fingerprint density at radius 3 is 2.38 bits per heavy atom. The van der Waals surface area contributed by atoms with Crippen molar-refractivity contribution >= 4 is 58.4 Å². The quantitative estimate of drug-likeness (QED) is 0.0603. The van der Waals surface area contributed by atoms with Gasteiger partial charge in [-0.3, -0.25) is 4.79 Å². The third kappa shape index (κ3) is 13.2. The summed E-state index contributed by atoms with van der Waals surface area (Å²) in [5, 5.41) is 14.6. The molecule has 3 heterocycles. The fourth-order valence-electron chi connectivity index (χ4n) is 6.97. The van der Waals surface area contributed by atoms with E-state index in [0.717, 1.165) is 86.6 Å². The Labute approximate surface area is 351 Å². The van der Waals surface area contributed by atoms with Gasteiger partial charge >= 0.3 is 0 Å². The maximum atomic E-state index is 14.3. The highest BCUT2D eigenvalue weighted by Crippen LogP contribution is 2.27. The molecule has 0 saturated carbocycles. The lowest BCUT2D eigenvalue weighted by atomic mass is 10.00. The Balaban J connectivity index is 0.000000248. The molecule has 1 amide bonds. The number of carbonyl (C=O) groups is 1. The van der Waals surface area contributed by atoms with Gasteiger partial charge in [-0.05, 0) is 111 Å². The summed E-state index contributed by atoms with van der Waals surface area (Å²) in [6, 6.07) is 20.2. The maximum Gasteiger partial charge on any atom is 0.255 e. The molecule has 2 fully saturated rings. The Hall–Kier alpha value is -4.68. The zero-order chi connectivity index (χ0) is 42.0. The molecule has 58 heavy (non-hydrogen) atoms. The van der Waals surface area contributed by atoms with Gasteiger partial charge in [-0.2, -0.15) is 11.8 Å². The first kappa shape index (κ1) is 46.0. The Morgan fingerprint density at radius 2 is 1.67 bits per heavy atom. The highest BCUT2D eigenvalue weighted by atomic mass is 35.5. The van der Waals surface area contributed by atoms with E-state index in [9.17, 15) is 18.0 Å². The molecular weight excluding hydrogens is 779 g/mol. The summed E-state index contributed by atoms with van der Waals surface area (Å²) in [4.78, 5) is 22.2. The summed E-state index contributed by atoms with van der Waals surface area (Å²) >= 11 is 7.76. The molecule has 13 heteroatoms. The number of hydrogen-bond acceptors (Lipinski definition) is 8. The topological polar surface area (TPSA) is 110 Å². The predicted octanol–water partition coefficient (Wildman–Crippen LogP) is 10.6. The number of rotatable bonds is 13. The van der Waals surface area contributed by atoms with E-state index in [4.69, 9.17) is 22.7 Å². The molecule has 4 aromatic rings. The minimum atomic E-state index is -0.761. The van der Waals surface area contributed by atoms with Crippen LogP contribution in [0.25, 0.3) is 5.70 Å². The molecule has 2 unspecified atom stereocenters. The fraction of sp³-hybridized carbons (Fsp3) is 0.400. The lowest BCUT2D eigenvalue weighted by Gasteiger charge is -2.35. The van der Waals surface area contributed by atoms with Crippen LogP contribution in [0.4, 0.5) is 30.4 Å². The summed E-state index contributed by atoms with van der Waals surface area (Å²) < 4.78 is 41.8. The van der Waals surface area contributed by atoms with E-state index in [-0.39, 0.29) is 28.2 Å². The zero-order valence-corrected chi connectivity index (χ0v) is 35.5. The molecule has 3 aromatic carbocycles. The standard InChI is InChI=1S/C22H24ClF2N3OS.C21H27FN4.C2H6/c1-3-9-30-12-19(14-5-4-6-15(23)10-14)28-22(29)16(11-26)21(27)20-13(2)17(24)7-8-18(20)25;22-17-6-4-8-19(14-17)26-13-5-7-18(16-26)24-21-15-20(9-10-23-21)25-11-2-1-3-12-25;1-2/h4-8,10-11,19,26H,3,9,12,27H2,1-2H3,(H,28,29);4,6,8-10,14-15,18H,1-3,5,7,11-13,16H2,(H,23,24);1-2H3/b21-16+,26-11?;;. The van der Waals surface area contributed by atoms with Gasteiger partial charge in [0.25, 0.3) is 5.91 Å². The second-order valence-corrected chi connectivity index (χ2v) is 15.6. The number of nitrogens with two attached hydrogens (primary N) is 1. The van der Waals surface area contributed by atoms with E-state index in [1.165, 1.54) is 37.9 Å². The molecule has 2 aliphatic rings. The Kier molecular flexibility index (Phi) is 18.8. The van der Waals surface area contributed by atoms with Gasteiger partial charge in [0.1, 0.15) is 23.3 Å². The van der Waals surface area contributed by atoms with Gasteiger partial charge < -0.3 is 31.6 Å². The lowest BCUT2D eigenvalue weighted by Crippen LogP contribution is -2.42. The number of anilines is 3. The molecule has 2 saturated heterocycles. The summed E-state index contributed by atoms with van der Waals surface area (Å²) in [7, 11) is 0. The van der Waals surface area contributed by atoms with Crippen molar-refractivity contribution in [1.29, 1.82) is 5.41 Å². The van der Waals surface area contributed by atoms with Crippen molar-refractivity contribution in [2.45, 2.75) is 78.3 Å². The van der Waals surface area contributed by atoms with E-state index in [1.54, 1.807) is 42.1 Å². The number of nitrogens with zero attached hydrogens (tertiary/aromatic N) is 3. The largest absolute Gasteiger partial charge is 0.397 e. The smallest absolute Gasteiger partial charge is 0.255 e. The SMILES string of the molecule is CC.CCCSCC(NC(=O)/C(C=N)=C(/N)c1c(F)ccc(F)c1C)c1cccc(Cl)c1.Fc1cccc(N2CCCC(Nc3cc(N4CCCCC4)ccn3)C2)c1. The van der Waals surface area contributed by atoms with Gasteiger partial charge in [-0.1, -0.05) is 50.6 Å². The van der Waals surface area contributed by atoms with E-state index in [0.29, 0.717) is 16.8 Å². The molecule has 6 rings (SSSR count). The van der Waals surface area contributed by atoms with E-state index in [1.807, 2.05) is 32.2 Å². The van der Waals surface area contributed by atoms with Crippen molar-refractivity contribution in [3.63, 3.8) is 0 Å². The highest BCUT2D eigenvalue weighted by molar-refractivity contribution is 7.99. The van der Waals surface area contributed by atoms with Crippen molar-refractivity contribution in [1.82, 2.24) is 10.3 Å². The second kappa shape index (κ2) is 23.7. The van der Waals surface area contributed by atoms with Crippen molar-refractivity contribution < 1.29 is 18.0 Å². The number of amides is 1. The van der Waals surface area contributed by atoms with Crippen LogP contribution in [0.15, 0.2) is 84.6 Å². The number of carbonyl (C=O) groups excluding carboxylic acids is 1. The van der Waals surface area contributed by atoms with Gasteiger partial charge in [0.05, 0.1) is 17.3 Å². The predicted molar refractivity (Wildman–Crippen MR) is 238 cm³/mol. The number of nitrogens with one attached hydrogen (secondary N) is 3. The number of benzene rings is 3. The minimum Gasteiger partial charge on any atom is -0.397 e. The number of thioether (sulfide) groups is 1. The van der Waals surface area contributed by atoms with Crippen LogP contribution in [0.1, 0.15) is 82.0 Å². The Bertz CT molecular complexity index is 1980. The van der Waals surface area contributed by atoms with Crippen LogP contribution in [-0.4, -0.2) is 60.8 Å². The van der Waals surface area contributed by atoms with Crippen molar-refractivity contribution in [3.8, 4) is 0 Å². The van der Waals surface area contributed by atoms with Gasteiger partial charge in [0, 0.05) is 78.4 Å². The summed E-state index contributed by atoms with van der Waals surface area (Å²) in [6.45, 7) is 11.6. The normalized spacial score (nSPS) is 16.1. The Morgan fingerprint density at radius 1 is 0.966 bits per heavy atom. The van der Waals surface area contributed by atoms with Crippen LogP contribution in [0.2, 0.25) is 5.02 Å². The molecule has 1 aromatic heterocycles. The number of hydrogen-bond donors (Lipinski definition) is 4. The van der Waals surface area contributed by atoms with Crippen LogP contribution in [0.5, 0.6) is 0 Å². The van der Waals surface area contributed by atoms with Crippen molar-refractivity contribution in [2.24, 2.45) is 5.73 Å². The molecule has 312 valence electrons. The second-order valence-electron chi connectivity index (χ2n) is 14.0. The molecule has 2 atom stereocenters. The molecule has 0 spiro atoms. The molecule has 2 aliphatic heterocycles. The number of aromatic nitrogens is 1. The average molecular weight is 837 g/mol. The third-order valence-corrected chi connectivity index (χ3v) is 11.4. The molecule has 0 bridgehead atoms. The average Bonchev–Trinajstić information content (AvgIpc) is 3.24. The third-order valence-electron chi connectivity index (χ3n) is 9.90. The number of halogens is 4. The first-order valence-electron chi connectivity index (χ1n) is 20.1. The highest BCUT2D eigenvalue weighted by Gasteiger charge is 2.23. The van der Waals surface area contributed by atoms with Gasteiger partial charge in [0.15, 0.2) is 0 Å². The number of piperidine rings is 2. The van der Waals surface area contributed by atoms with Gasteiger partial charge in [-0.15, -0.1) is 0 Å². The van der Waals surface area contributed by atoms with Gasteiger partial charge in [0.2, 0.25) is 0 Å². The van der Waals surface area contributed by atoms with E-state index < -0.39 is 23.6 Å². The van der Waals surface area contributed by atoms with Crippen LogP contribution in [0, 0.1) is 29.8 Å². The summed E-state index contributed by atoms with van der Waals surface area (Å²) in [5.74, 6) is 0.213. The summed E-state index contributed by atoms with van der Waals surface area (Å²) in [6.07, 6.45) is 9.73. The van der Waals surface area contributed by atoms with Crippen molar-refractivity contribution in [2.75, 3.05) is 52.8 Å². The molecule has 8 nitrogen and oxygen atoms in total. The fourth-order valence-corrected chi connectivity index (χ4v) is 8.13. The van der Waals surface area contributed by atoms with Crippen LogP contribution < -0.4 is 26.2 Å². The van der Waals surface area contributed by atoms with Crippen molar-refractivity contribution in [3.05, 3.63) is 124 Å². The molecule has 0 radical (unpaired) electrons. The molecular formula is C45H57ClF3N7OS. The number of pyridine rings is 1. The lowest BCUT2D eigenvalue weighted by molar-refractivity contribution is -0.117.